The third kappa shape index (κ3) is 5.26. The van der Waals surface area contributed by atoms with Crippen LogP contribution in [-0.4, -0.2) is 22.6 Å². The Morgan fingerprint density at radius 3 is 0.789 bits per heavy atom. The fourth-order valence-electron chi connectivity index (χ4n) is 4.55. The minimum atomic E-state index is -0.278. The van der Waals surface area contributed by atoms with Crippen LogP contribution in [0.25, 0.3) is 22.3 Å². The van der Waals surface area contributed by atoms with E-state index in [1.165, 1.54) is 22.3 Å². The number of nitrogens with zero attached hydrogens (tertiary/aromatic N) is 2. The molecule has 0 N–H and O–H groups in total. The second kappa shape index (κ2) is 9.94. The molecule has 4 aromatic carbocycles. The maximum Gasteiger partial charge on any atom is 0.129 e. The summed E-state index contributed by atoms with van der Waals surface area (Å²) in [7, 11) is 0. The molecule has 0 aliphatic heterocycles. The number of hydrogen-bond acceptors (Lipinski definition) is 4. The minimum absolute atomic E-state index is 0.278. The summed E-state index contributed by atoms with van der Waals surface area (Å²) in [5, 5.41) is 8.79. The van der Waals surface area contributed by atoms with Gasteiger partial charge < -0.3 is 9.68 Å². The van der Waals surface area contributed by atoms with E-state index in [0.29, 0.717) is 0 Å². The molecule has 4 nitrogen and oxygen atoms in total. The van der Waals surface area contributed by atoms with Gasteiger partial charge in [-0.3, -0.25) is 0 Å². The zero-order valence-corrected chi connectivity index (χ0v) is 22.9. The lowest BCUT2D eigenvalue weighted by Gasteiger charge is -2.16. The van der Waals surface area contributed by atoms with Gasteiger partial charge in [0, 0.05) is 22.3 Å². The second-order valence-corrected chi connectivity index (χ2v) is 11.5. The van der Waals surface area contributed by atoms with Crippen LogP contribution in [-0.2, 0) is 9.68 Å². The van der Waals surface area contributed by atoms with E-state index < -0.39 is 0 Å². The molecule has 0 aromatic heterocycles. The Morgan fingerprint density at radius 2 is 0.579 bits per heavy atom. The van der Waals surface area contributed by atoms with Crippen molar-refractivity contribution < 1.29 is 9.68 Å². The Labute approximate surface area is 225 Å². The molecule has 0 fully saturated rings. The standard InChI is InChI=1S/2C17H17NO/c2*1-17(2,3)19-18-16-14-10-6-4-8-12(14)13-9-5-7-11-15(13)16/h2*4-11H,1-3H3. The van der Waals surface area contributed by atoms with Crippen molar-refractivity contribution in [2.24, 2.45) is 10.3 Å². The topological polar surface area (TPSA) is 43.2 Å². The van der Waals surface area contributed by atoms with Crippen LogP contribution in [0.3, 0.4) is 0 Å². The van der Waals surface area contributed by atoms with Crippen molar-refractivity contribution in [3.8, 4) is 22.3 Å². The molecule has 0 radical (unpaired) electrons. The van der Waals surface area contributed by atoms with Crippen molar-refractivity contribution in [2.45, 2.75) is 52.7 Å². The van der Waals surface area contributed by atoms with Crippen LogP contribution < -0.4 is 0 Å². The van der Waals surface area contributed by atoms with E-state index in [-0.39, 0.29) is 11.2 Å². The first-order valence-electron chi connectivity index (χ1n) is 13.0. The molecule has 0 spiro atoms. The van der Waals surface area contributed by atoms with Crippen molar-refractivity contribution in [1.82, 2.24) is 0 Å². The zero-order chi connectivity index (χ0) is 26.9. The lowest BCUT2D eigenvalue weighted by molar-refractivity contribution is 0.000913. The number of oxime groups is 2. The van der Waals surface area contributed by atoms with Gasteiger partial charge in [-0.05, 0) is 63.8 Å². The van der Waals surface area contributed by atoms with E-state index in [1.54, 1.807) is 0 Å². The Balaban J connectivity index is 0.000000155. The van der Waals surface area contributed by atoms with E-state index >= 15 is 0 Å². The van der Waals surface area contributed by atoms with Gasteiger partial charge in [0.2, 0.25) is 0 Å². The highest BCUT2D eigenvalue weighted by molar-refractivity contribution is 6.25. The van der Waals surface area contributed by atoms with Crippen molar-refractivity contribution in [2.75, 3.05) is 0 Å². The highest BCUT2D eigenvalue weighted by Gasteiger charge is 2.26. The fourth-order valence-corrected chi connectivity index (χ4v) is 4.55. The van der Waals surface area contributed by atoms with E-state index in [4.69, 9.17) is 9.68 Å². The molecule has 0 heterocycles. The van der Waals surface area contributed by atoms with Crippen molar-refractivity contribution >= 4 is 11.4 Å². The second-order valence-electron chi connectivity index (χ2n) is 11.5. The molecule has 0 amide bonds. The predicted octanol–water partition coefficient (Wildman–Crippen LogP) is 8.47. The van der Waals surface area contributed by atoms with Gasteiger partial charge in [-0.25, -0.2) is 0 Å². The van der Waals surface area contributed by atoms with Crippen LogP contribution in [0.5, 0.6) is 0 Å². The highest BCUT2D eigenvalue weighted by atomic mass is 16.7. The Kier molecular flexibility index (Phi) is 6.66. The summed E-state index contributed by atoms with van der Waals surface area (Å²) in [5.74, 6) is 0. The molecular weight excluding hydrogens is 468 g/mol. The Hall–Kier alpha value is -4.18. The number of fused-ring (bicyclic) bond motifs is 6. The van der Waals surface area contributed by atoms with Gasteiger partial charge in [0.05, 0.1) is 0 Å². The lowest BCUT2D eigenvalue weighted by Crippen LogP contribution is -2.17. The molecule has 4 heteroatoms. The van der Waals surface area contributed by atoms with Crippen molar-refractivity contribution in [3.63, 3.8) is 0 Å². The van der Waals surface area contributed by atoms with Crippen LogP contribution in [0.4, 0.5) is 0 Å². The van der Waals surface area contributed by atoms with Gasteiger partial charge in [0.15, 0.2) is 0 Å². The number of rotatable bonds is 2. The lowest BCUT2D eigenvalue weighted by atomic mass is 10.1. The highest BCUT2D eigenvalue weighted by Crippen LogP contribution is 2.38. The summed E-state index contributed by atoms with van der Waals surface area (Å²) in [4.78, 5) is 11.2. The van der Waals surface area contributed by atoms with Gasteiger partial charge in [-0.15, -0.1) is 0 Å². The summed E-state index contributed by atoms with van der Waals surface area (Å²) in [6.45, 7) is 12.0. The SMILES string of the molecule is CC(C)(C)ON=C1c2ccccc2-c2ccccc21.CC(C)(C)ON=C1c2ccccc2-c2ccccc21. The Morgan fingerprint density at radius 1 is 0.368 bits per heavy atom. The van der Waals surface area contributed by atoms with Crippen LogP contribution in [0.2, 0.25) is 0 Å². The average Bonchev–Trinajstić information content (AvgIpc) is 3.39. The molecule has 6 rings (SSSR count). The third-order valence-electron chi connectivity index (χ3n) is 6.13. The minimum Gasteiger partial charge on any atom is -0.390 e. The quantitative estimate of drug-likeness (QED) is 0.223. The summed E-state index contributed by atoms with van der Waals surface area (Å²) in [6.07, 6.45) is 0. The van der Waals surface area contributed by atoms with Gasteiger partial charge in [0.1, 0.15) is 22.6 Å². The molecule has 0 atom stereocenters. The van der Waals surface area contributed by atoms with Crippen LogP contribution in [0.15, 0.2) is 107 Å². The van der Waals surface area contributed by atoms with Crippen molar-refractivity contribution in [1.29, 1.82) is 0 Å². The van der Waals surface area contributed by atoms with E-state index in [9.17, 15) is 0 Å². The first-order valence-corrected chi connectivity index (χ1v) is 13.0. The summed E-state index contributed by atoms with van der Waals surface area (Å²) in [5.41, 5.74) is 10.8. The van der Waals surface area contributed by atoms with Crippen LogP contribution in [0, 0.1) is 0 Å². The predicted molar refractivity (Wildman–Crippen MR) is 157 cm³/mol. The molecule has 0 unspecified atom stereocenters. The van der Waals surface area contributed by atoms with Gasteiger partial charge in [0.25, 0.3) is 0 Å². The smallest absolute Gasteiger partial charge is 0.129 e. The van der Waals surface area contributed by atoms with Gasteiger partial charge in [-0.1, -0.05) is 107 Å². The van der Waals surface area contributed by atoms with Crippen LogP contribution >= 0.6 is 0 Å². The maximum absolute atomic E-state index is 5.61. The summed E-state index contributed by atoms with van der Waals surface area (Å²) < 4.78 is 0. The van der Waals surface area contributed by atoms with E-state index in [2.05, 4.69) is 83.1 Å². The largest absolute Gasteiger partial charge is 0.390 e. The van der Waals surface area contributed by atoms with E-state index in [1.807, 2.05) is 65.8 Å². The number of hydrogen-bond donors (Lipinski definition) is 0. The average molecular weight is 503 g/mol. The molecule has 4 aromatic rings. The first-order chi connectivity index (χ1) is 18.1. The summed E-state index contributed by atoms with van der Waals surface area (Å²) >= 11 is 0. The molecule has 0 saturated heterocycles. The molecule has 2 aliphatic carbocycles. The number of benzene rings is 4. The Bertz CT molecular complexity index is 1320. The normalized spacial score (nSPS) is 12.9. The fraction of sp³-hybridized carbons (Fsp3) is 0.235. The zero-order valence-electron chi connectivity index (χ0n) is 22.9. The maximum atomic E-state index is 5.61. The molecular formula is C34H34N2O2. The van der Waals surface area contributed by atoms with E-state index in [0.717, 1.165) is 33.7 Å². The van der Waals surface area contributed by atoms with Gasteiger partial charge in [-0.2, -0.15) is 0 Å². The molecule has 38 heavy (non-hydrogen) atoms. The van der Waals surface area contributed by atoms with Crippen molar-refractivity contribution in [3.05, 3.63) is 119 Å². The molecule has 192 valence electrons. The monoisotopic (exact) mass is 502 g/mol. The molecule has 0 saturated carbocycles. The first kappa shape index (κ1) is 25.5. The summed E-state index contributed by atoms with van der Waals surface area (Å²) in [6, 6.07) is 33.3. The molecule has 2 aliphatic rings. The molecule has 0 bridgehead atoms. The van der Waals surface area contributed by atoms with Gasteiger partial charge >= 0.3 is 0 Å². The third-order valence-corrected chi connectivity index (χ3v) is 6.13. The van der Waals surface area contributed by atoms with Crippen LogP contribution in [0.1, 0.15) is 63.8 Å².